The summed E-state index contributed by atoms with van der Waals surface area (Å²) in [5.74, 6) is 0.144. The highest BCUT2D eigenvalue weighted by Gasteiger charge is 2.21. The minimum atomic E-state index is -0.544. The van der Waals surface area contributed by atoms with Crippen molar-refractivity contribution in [3.8, 4) is 17.2 Å². The number of nitrogens with two attached hydrogens (primary N) is 1. The molecule has 0 radical (unpaired) electrons. The fourth-order valence-electron chi connectivity index (χ4n) is 2.22. The van der Waals surface area contributed by atoms with Gasteiger partial charge in [-0.05, 0) is 53.8 Å². The van der Waals surface area contributed by atoms with E-state index in [9.17, 15) is 9.90 Å². The van der Waals surface area contributed by atoms with Crippen molar-refractivity contribution < 1.29 is 19.4 Å². The third kappa shape index (κ3) is 4.97. The lowest BCUT2D eigenvalue weighted by Crippen LogP contribution is -2.36. The molecular weight excluding hydrogens is 318 g/mol. The van der Waals surface area contributed by atoms with Gasteiger partial charge in [0.2, 0.25) is 0 Å². The number of methoxy groups -OCH3 is 1. The van der Waals surface area contributed by atoms with E-state index in [1.54, 1.807) is 43.5 Å². The van der Waals surface area contributed by atoms with Gasteiger partial charge in [0.15, 0.2) is 11.5 Å². The van der Waals surface area contributed by atoms with Crippen LogP contribution < -0.4 is 15.2 Å². The first-order valence-electron chi connectivity index (χ1n) is 8.14. The normalized spacial score (nSPS) is 12.5. The summed E-state index contributed by atoms with van der Waals surface area (Å²) in [5, 5.41) is 10.1. The van der Waals surface area contributed by atoms with Crippen LogP contribution in [-0.2, 0) is 6.42 Å². The molecule has 0 fully saturated rings. The first-order chi connectivity index (χ1) is 11.7. The van der Waals surface area contributed by atoms with Gasteiger partial charge < -0.3 is 20.3 Å². The minimum absolute atomic E-state index is 0.0326. The zero-order valence-electron chi connectivity index (χ0n) is 15.1. The third-order valence-electron chi connectivity index (χ3n) is 4.12. The number of phenolic OH excluding ortho intramolecular Hbond substituents is 1. The maximum absolute atomic E-state index is 12.2. The molecule has 134 valence electrons. The fraction of sp³-hybridized carbons (Fsp3) is 0.350. The highest BCUT2D eigenvalue weighted by molar-refractivity contribution is 5.91. The fourth-order valence-corrected chi connectivity index (χ4v) is 2.22. The summed E-state index contributed by atoms with van der Waals surface area (Å²) in [5.41, 5.74) is 7.41. The molecule has 1 unspecified atom stereocenters. The lowest BCUT2D eigenvalue weighted by Gasteiger charge is -2.27. The zero-order valence-corrected chi connectivity index (χ0v) is 15.1. The number of esters is 1. The van der Waals surface area contributed by atoms with Crippen molar-refractivity contribution in [2.45, 2.75) is 33.2 Å². The van der Waals surface area contributed by atoms with E-state index in [1.807, 2.05) is 6.07 Å². The van der Waals surface area contributed by atoms with E-state index in [0.29, 0.717) is 17.7 Å². The van der Waals surface area contributed by atoms with Crippen molar-refractivity contribution >= 4 is 5.97 Å². The molecular formula is C20H25NO4. The molecule has 0 aliphatic carbocycles. The van der Waals surface area contributed by atoms with Crippen LogP contribution in [0.5, 0.6) is 17.2 Å². The summed E-state index contributed by atoms with van der Waals surface area (Å²) in [4.78, 5) is 12.2. The lowest BCUT2D eigenvalue weighted by molar-refractivity contribution is 0.0729. The van der Waals surface area contributed by atoms with Gasteiger partial charge in [-0.1, -0.05) is 26.8 Å². The maximum Gasteiger partial charge on any atom is 0.343 e. The lowest BCUT2D eigenvalue weighted by atomic mass is 9.84. The van der Waals surface area contributed by atoms with Gasteiger partial charge >= 0.3 is 5.97 Å². The molecule has 0 aliphatic rings. The van der Waals surface area contributed by atoms with Crippen molar-refractivity contribution in [3.05, 3.63) is 53.6 Å². The molecule has 0 bridgehead atoms. The minimum Gasteiger partial charge on any atom is -0.504 e. The van der Waals surface area contributed by atoms with E-state index in [4.69, 9.17) is 15.2 Å². The number of rotatable bonds is 5. The van der Waals surface area contributed by atoms with Crippen LogP contribution in [0.1, 0.15) is 36.7 Å². The predicted molar refractivity (Wildman–Crippen MR) is 97.2 cm³/mol. The van der Waals surface area contributed by atoms with Crippen LogP contribution in [0.15, 0.2) is 42.5 Å². The third-order valence-corrected chi connectivity index (χ3v) is 4.12. The van der Waals surface area contributed by atoms with E-state index >= 15 is 0 Å². The summed E-state index contributed by atoms with van der Waals surface area (Å²) in [6.07, 6.45) is 0.629. The molecule has 1 atom stereocenters. The molecule has 3 N–H and O–H groups in total. The van der Waals surface area contributed by atoms with E-state index in [2.05, 4.69) is 20.8 Å². The number of benzene rings is 2. The van der Waals surface area contributed by atoms with Crippen LogP contribution in [0.2, 0.25) is 0 Å². The van der Waals surface area contributed by atoms with E-state index in [1.165, 1.54) is 0 Å². The van der Waals surface area contributed by atoms with Crippen molar-refractivity contribution in [1.82, 2.24) is 0 Å². The van der Waals surface area contributed by atoms with Crippen LogP contribution in [0.4, 0.5) is 0 Å². The van der Waals surface area contributed by atoms with Gasteiger partial charge in [0, 0.05) is 6.04 Å². The summed E-state index contributed by atoms with van der Waals surface area (Å²) >= 11 is 0. The standard InChI is InChI=1S/C20H25NO4/c1-20(2,3)18(21)12-13-5-10-17(16(22)11-13)25-19(23)14-6-8-15(24-4)9-7-14/h5-11,18,22H,12,21H2,1-4H3. The first kappa shape index (κ1) is 18.8. The number of hydrogen-bond donors (Lipinski definition) is 2. The molecule has 0 spiro atoms. The topological polar surface area (TPSA) is 81.8 Å². The number of aromatic hydroxyl groups is 1. The van der Waals surface area contributed by atoms with Crippen LogP contribution in [0.3, 0.4) is 0 Å². The summed E-state index contributed by atoms with van der Waals surface area (Å²) in [6.45, 7) is 6.22. The Morgan fingerprint density at radius 2 is 1.80 bits per heavy atom. The number of carbonyl (C=O) groups excluding carboxylic acids is 1. The highest BCUT2D eigenvalue weighted by atomic mass is 16.5. The van der Waals surface area contributed by atoms with Crippen molar-refractivity contribution in [1.29, 1.82) is 0 Å². The number of carbonyl (C=O) groups is 1. The van der Waals surface area contributed by atoms with Crippen LogP contribution in [-0.4, -0.2) is 24.2 Å². The molecule has 5 nitrogen and oxygen atoms in total. The second-order valence-electron chi connectivity index (χ2n) is 7.10. The Morgan fingerprint density at radius 1 is 1.16 bits per heavy atom. The van der Waals surface area contributed by atoms with Gasteiger partial charge in [0.25, 0.3) is 0 Å². The van der Waals surface area contributed by atoms with Gasteiger partial charge in [-0.3, -0.25) is 0 Å². The smallest absolute Gasteiger partial charge is 0.343 e. The second kappa shape index (κ2) is 7.57. The van der Waals surface area contributed by atoms with E-state index in [-0.39, 0.29) is 23.0 Å². The molecule has 2 aromatic rings. The van der Waals surface area contributed by atoms with E-state index in [0.717, 1.165) is 5.56 Å². The SMILES string of the molecule is COc1ccc(C(=O)Oc2ccc(CC(N)C(C)(C)C)cc2O)cc1. The monoisotopic (exact) mass is 343 g/mol. The Morgan fingerprint density at radius 3 is 2.32 bits per heavy atom. The molecule has 0 saturated carbocycles. The summed E-state index contributed by atoms with van der Waals surface area (Å²) < 4.78 is 10.3. The number of hydrogen-bond acceptors (Lipinski definition) is 5. The van der Waals surface area contributed by atoms with Crippen LogP contribution in [0.25, 0.3) is 0 Å². The largest absolute Gasteiger partial charge is 0.504 e. The Balaban J connectivity index is 2.08. The maximum atomic E-state index is 12.2. The van der Waals surface area contributed by atoms with Gasteiger partial charge in [-0.15, -0.1) is 0 Å². The molecule has 0 aromatic heterocycles. The first-order valence-corrected chi connectivity index (χ1v) is 8.14. The van der Waals surface area contributed by atoms with Crippen molar-refractivity contribution in [2.24, 2.45) is 11.1 Å². The molecule has 0 amide bonds. The summed E-state index contributed by atoms with van der Waals surface area (Å²) in [7, 11) is 1.55. The van der Waals surface area contributed by atoms with Gasteiger partial charge in [-0.25, -0.2) is 4.79 Å². The molecule has 0 heterocycles. The molecule has 2 aromatic carbocycles. The van der Waals surface area contributed by atoms with Crippen molar-refractivity contribution in [2.75, 3.05) is 7.11 Å². The number of phenols is 1. The van der Waals surface area contributed by atoms with Gasteiger partial charge in [0.1, 0.15) is 5.75 Å². The zero-order chi connectivity index (χ0) is 18.6. The average Bonchev–Trinajstić information content (AvgIpc) is 2.56. The Bertz CT molecular complexity index is 732. The van der Waals surface area contributed by atoms with Crippen LogP contribution >= 0.6 is 0 Å². The quantitative estimate of drug-likeness (QED) is 0.641. The highest BCUT2D eigenvalue weighted by Crippen LogP contribution is 2.29. The molecule has 25 heavy (non-hydrogen) atoms. The predicted octanol–water partition coefficient (Wildman–Crippen LogP) is 3.54. The molecule has 0 aliphatic heterocycles. The Kier molecular flexibility index (Phi) is 5.69. The van der Waals surface area contributed by atoms with Crippen molar-refractivity contribution in [3.63, 3.8) is 0 Å². The summed E-state index contributed by atoms with van der Waals surface area (Å²) in [6, 6.07) is 11.5. The average molecular weight is 343 g/mol. The van der Waals surface area contributed by atoms with Gasteiger partial charge in [-0.2, -0.15) is 0 Å². The Hall–Kier alpha value is -2.53. The number of ether oxygens (including phenoxy) is 2. The Labute approximate surface area is 148 Å². The molecule has 5 heteroatoms. The molecule has 2 rings (SSSR count). The second-order valence-corrected chi connectivity index (χ2v) is 7.10. The molecule has 0 saturated heterocycles. The van der Waals surface area contributed by atoms with Crippen LogP contribution in [0, 0.1) is 5.41 Å². The van der Waals surface area contributed by atoms with Gasteiger partial charge in [0.05, 0.1) is 12.7 Å². The van der Waals surface area contributed by atoms with E-state index < -0.39 is 5.97 Å².